The maximum atomic E-state index is 14.6. The van der Waals surface area contributed by atoms with E-state index >= 15 is 0 Å². The van der Waals surface area contributed by atoms with Crippen molar-refractivity contribution in [3.63, 3.8) is 0 Å². The number of amides is 1. The Morgan fingerprint density at radius 2 is 1.76 bits per heavy atom. The van der Waals surface area contributed by atoms with Crippen molar-refractivity contribution in [2.75, 3.05) is 19.0 Å². The third-order valence-electron chi connectivity index (χ3n) is 4.49. The second-order valence-electron chi connectivity index (χ2n) is 6.59. The lowest BCUT2D eigenvalue weighted by Crippen LogP contribution is -2.27. The molecule has 0 bridgehead atoms. The number of methoxy groups -OCH3 is 1. The molecule has 1 atom stereocenters. The number of anilines is 1. The van der Waals surface area contributed by atoms with Gasteiger partial charge in [-0.3, -0.25) is 4.79 Å². The molecule has 0 aromatic heterocycles. The van der Waals surface area contributed by atoms with Gasteiger partial charge in [0.15, 0.2) is 23.1 Å². The topological polar surface area (TPSA) is 73.6 Å². The molecule has 6 heteroatoms. The Morgan fingerprint density at radius 3 is 2.41 bits per heavy atom. The second-order valence-corrected chi connectivity index (χ2v) is 6.59. The fourth-order valence-electron chi connectivity index (χ4n) is 2.95. The van der Waals surface area contributed by atoms with Crippen molar-refractivity contribution in [1.29, 1.82) is 0 Å². The molecular formula is C23H23FN2O3. The lowest BCUT2D eigenvalue weighted by Gasteiger charge is -2.16. The van der Waals surface area contributed by atoms with Crippen LogP contribution in [-0.4, -0.2) is 19.6 Å². The molecule has 3 aromatic carbocycles. The molecule has 0 aliphatic heterocycles. The van der Waals surface area contributed by atoms with E-state index < -0.39 is 11.7 Å². The van der Waals surface area contributed by atoms with Gasteiger partial charge in [0.2, 0.25) is 5.91 Å². The molecular weight excluding hydrogens is 371 g/mol. The van der Waals surface area contributed by atoms with Gasteiger partial charge in [-0.05, 0) is 42.3 Å². The van der Waals surface area contributed by atoms with Crippen molar-refractivity contribution in [1.82, 2.24) is 0 Å². The van der Waals surface area contributed by atoms with E-state index in [9.17, 15) is 9.18 Å². The van der Waals surface area contributed by atoms with Crippen LogP contribution in [0.4, 0.5) is 10.1 Å². The number of ether oxygens (including phenoxy) is 2. The van der Waals surface area contributed by atoms with E-state index in [2.05, 4.69) is 5.32 Å². The third-order valence-corrected chi connectivity index (χ3v) is 4.49. The smallest absolute Gasteiger partial charge is 0.233 e. The van der Waals surface area contributed by atoms with E-state index in [-0.39, 0.29) is 18.2 Å². The van der Waals surface area contributed by atoms with Gasteiger partial charge in [-0.25, -0.2) is 4.39 Å². The molecule has 29 heavy (non-hydrogen) atoms. The van der Waals surface area contributed by atoms with Crippen LogP contribution in [0, 0.1) is 12.7 Å². The van der Waals surface area contributed by atoms with Crippen LogP contribution in [-0.2, 0) is 4.79 Å². The Balaban J connectivity index is 1.75. The predicted molar refractivity (Wildman–Crippen MR) is 111 cm³/mol. The number of carbonyl (C=O) groups excluding carboxylic acids is 1. The predicted octanol–water partition coefficient (Wildman–Crippen LogP) is 4.62. The molecule has 0 aliphatic carbocycles. The van der Waals surface area contributed by atoms with Crippen LogP contribution in [0.15, 0.2) is 66.7 Å². The first-order valence-electron chi connectivity index (χ1n) is 9.19. The van der Waals surface area contributed by atoms with E-state index in [0.717, 1.165) is 11.1 Å². The summed E-state index contributed by atoms with van der Waals surface area (Å²) in [5.74, 6) is -0.478. The Kier molecular flexibility index (Phi) is 6.46. The normalized spacial score (nSPS) is 11.6. The first kappa shape index (κ1) is 20.4. The summed E-state index contributed by atoms with van der Waals surface area (Å²) in [5, 5.41) is 2.71. The van der Waals surface area contributed by atoms with Crippen LogP contribution in [0.25, 0.3) is 0 Å². The first-order valence-corrected chi connectivity index (χ1v) is 9.19. The van der Waals surface area contributed by atoms with E-state index in [1.54, 1.807) is 18.2 Å². The summed E-state index contributed by atoms with van der Waals surface area (Å²) in [7, 11) is 1.53. The number of rotatable bonds is 7. The standard InChI is InChI=1S/C23H23FN2O3/c1-15-8-10-21(22(12-15)28-2)29-20-11-9-17(13-19(20)24)26-23(27)18(14-25)16-6-4-3-5-7-16/h3-13,18H,14,25H2,1-2H3,(H,26,27)/t18-/m0/s1. The highest BCUT2D eigenvalue weighted by Crippen LogP contribution is 2.34. The third kappa shape index (κ3) is 4.92. The second kappa shape index (κ2) is 9.21. The maximum Gasteiger partial charge on any atom is 0.233 e. The molecule has 0 aliphatic rings. The average Bonchev–Trinajstić information content (AvgIpc) is 2.72. The molecule has 0 spiro atoms. The molecule has 0 radical (unpaired) electrons. The minimum atomic E-state index is -0.602. The van der Waals surface area contributed by atoms with Gasteiger partial charge >= 0.3 is 0 Å². The number of aryl methyl sites for hydroxylation is 1. The van der Waals surface area contributed by atoms with Crippen LogP contribution < -0.4 is 20.5 Å². The summed E-state index contributed by atoms with van der Waals surface area (Å²) in [5.41, 5.74) is 7.90. The number of hydrogen-bond donors (Lipinski definition) is 2. The zero-order valence-corrected chi connectivity index (χ0v) is 16.3. The van der Waals surface area contributed by atoms with Crippen LogP contribution in [0.2, 0.25) is 0 Å². The number of halogens is 1. The fourth-order valence-corrected chi connectivity index (χ4v) is 2.95. The van der Waals surface area contributed by atoms with E-state index in [1.807, 2.05) is 43.3 Å². The van der Waals surface area contributed by atoms with Gasteiger partial charge in [-0.1, -0.05) is 36.4 Å². The van der Waals surface area contributed by atoms with Gasteiger partial charge in [-0.15, -0.1) is 0 Å². The summed E-state index contributed by atoms with van der Waals surface area (Å²) in [6.45, 7) is 2.07. The van der Waals surface area contributed by atoms with Crippen molar-refractivity contribution in [2.45, 2.75) is 12.8 Å². The molecule has 0 unspecified atom stereocenters. The zero-order chi connectivity index (χ0) is 20.8. The number of nitrogens with two attached hydrogens (primary N) is 1. The van der Waals surface area contributed by atoms with Gasteiger partial charge in [-0.2, -0.15) is 0 Å². The highest BCUT2D eigenvalue weighted by molar-refractivity contribution is 5.96. The van der Waals surface area contributed by atoms with E-state index in [0.29, 0.717) is 17.2 Å². The summed E-state index contributed by atoms with van der Waals surface area (Å²) >= 11 is 0. The van der Waals surface area contributed by atoms with Gasteiger partial charge in [0.05, 0.1) is 13.0 Å². The molecule has 0 heterocycles. The first-order chi connectivity index (χ1) is 14.0. The Morgan fingerprint density at radius 1 is 1.03 bits per heavy atom. The van der Waals surface area contributed by atoms with Crippen molar-refractivity contribution in [2.24, 2.45) is 5.73 Å². The summed E-state index contributed by atoms with van der Waals surface area (Å²) in [6, 6.07) is 18.9. The van der Waals surface area contributed by atoms with Crippen molar-refractivity contribution in [3.05, 3.63) is 83.7 Å². The monoisotopic (exact) mass is 394 g/mol. The van der Waals surface area contributed by atoms with Gasteiger partial charge in [0.1, 0.15) is 0 Å². The Bertz CT molecular complexity index is 993. The maximum absolute atomic E-state index is 14.6. The highest BCUT2D eigenvalue weighted by Gasteiger charge is 2.19. The molecule has 0 saturated heterocycles. The highest BCUT2D eigenvalue weighted by atomic mass is 19.1. The van der Waals surface area contributed by atoms with Gasteiger partial charge in [0, 0.05) is 18.3 Å². The number of nitrogens with one attached hydrogen (secondary N) is 1. The molecule has 3 N–H and O–H groups in total. The minimum Gasteiger partial charge on any atom is -0.493 e. The van der Waals surface area contributed by atoms with Crippen LogP contribution >= 0.6 is 0 Å². The fraction of sp³-hybridized carbons (Fsp3) is 0.174. The lowest BCUT2D eigenvalue weighted by atomic mass is 9.98. The number of hydrogen-bond acceptors (Lipinski definition) is 4. The summed E-state index contributed by atoms with van der Waals surface area (Å²) in [4.78, 5) is 12.6. The lowest BCUT2D eigenvalue weighted by molar-refractivity contribution is -0.117. The van der Waals surface area contributed by atoms with E-state index in [4.69, 9.17) is 15.2 Å². The molecule has 1 amide bonds. The Labute approximate surface area is 169 Å². The van der Waals surface area contributed by atoms with Crippen LogP contribution in [0.1, 0.15) is 17.0 Å². The molecule has 5 nitrogen and oxygen atoms in total. The quantitative estimate of drug-likeness (QED) is 0.613. The Hall–Kier alpha value is -3.38. The molecule has 0 saturated carbocycles. The molecule has 150 valence electrons. The van der Waals surface area contributed by atoms with Gasteiger partial charge < -0.3 is 20.5 Å². The zero-order valence-electron chi connectivity index (χ0n) is 16.3. The SMILES string of the molecule is COc1cc(C)ccc1Oc1ccc(NC(=O)[C@@H](CN)c2ccccc2)cc1F. The van der Waals surface area contributed by atoms with Crippen molar-refractivity contribution < 1.29 is 18.7 Å². The summed E-state index contributed by atoms with van der Waals surface area (Å²) < 4.78 is 25.5. The molecule has 3 aromatic rings. The number of carbonyl (C=O) groups is 1. The van der Waals surface area contributed by atoms with Crippen molar-refractivity contribution in [3.8, 4) is 17.2 Å². The van der Waals surface area contributed by atoms with Gasteiger partial charge in [0.25, 0.3) is 0 Å². The van der Waals surface area contributed by atoms with Crippen LogP contribution in [0.3, 0.4) is 0 Å². The van der Waals surface area contributed by atoms with E-state index in [1.165, 1.54) is 19.2 Å². The number of benzene rings is 3. The molecule has 3 rings (SSSR count). The van der Waals surface area contributed by atoms with Crippen molar-refractivity contribution >= 4 is 11.6 Å². The largest absolute Gasteiger partial charge is 0.493 e. The average molecular weight is 394 g/mol. The molecule has 0 fully saturated rings. The summed E-state index contributed by atoms with van der Waals surface area (Å²) in [6.07, 6.45) is 0. The van der Waals surface area contributed by atoms with Crippen LogP contribution in [0.5, 0.6) is 17.2 Å². The minimum absolute atomic E-state index is 0.0311.